The Morgan fingerprint density at radius 3 is 2.64 bits per heavy atom. The van der Waals surface area contributed by atoms with Crippen molar-refractivity contribution >= 4 is 0 Å². The summed E-state index contributed by atoms with van der Waals surface area (Å²) in [5.74, 6) is 5.85. The first-order valence-corrected chi connectivity index (χ1v) is 7.82. The molecule has 0 unspecified atom stereocenters. The number of hydrogen-bond acceptors (Lipinski definition) is 4. The van der Waals surface area contributed by atoms with Crippen LogP contribution in [0.5, 0.6) is 0 Å². The topological polar surface area (TPSA) is 45.4 Å². The quantitative estimate of drug-likeness (QED) is 0.695. The van der Waals surface area contributed by atoms with Crippen LogP contribution in [0, 0.1) is 6.92 Å². The molecule has 4 heteroatoms. The molecular formula is C18H24N4. The minimum absolute atomic E-state index is 0.484. The highest BCUT2D eigenvalue weighted by atomic mass is 15.4. The highest BCUT2D eigenvalue weighted by Crippen LogP contribution is 2.21. The molecule has 4 nitrogen and oxygen atoms in total. The van der Waals surface area contributed by atoms with Crippen LogP contribution in [0.15, 0.2) is 42.7 Å². The fourth-order valence-corrected chi connectivity index (χ4v) is 3.06. The number of nitrogens with zero attached hydrogens (tertiary/aromatic N) is 3. The molecule has 0 saturated carbocycles. The van der Waals surface area contributed by atoms with Gasteiger partial charge in [-0.15, -0.1) is 0 Å². The maximum absolute atomic E-state index is 5.85. The molecule has 22 heavy (non-hydrogen) atoms. The first-order chi connectivity index (χ1) is 10.6. The van der Waals surface area contributed by atoms with Crippen molar-refractivity contribution in [3.8, 4) is 11.1 Å². The van der Waals surface area contributed by atoms with Crippen LogP contribution in [-0.4, -0.2) is 41.1 Å². The third-order valence-corrected chi connectivity index (χ3v) is 4.39. The van der Waals surface area contributed by atoms with E-state index in [1.54, 1.807) is 0 Å². The number of aromatic nitrogens is 1. The molecule has 1 aromatic carbocycles. The van der Waals surface area contributed by atoms with Gasteiger partial charge in [0, 0.05) is 50.7 Å². The zero-order valence-corrected chi connectivity index (χ0v) is 13.4. The van der Waals surface area contributed by atoms with Gasteiger partial charge in [-0.1, -0.05) is 24.3 Å². The fraction of sp³-hybridized carbons (Fsp3) is 0.389. The third kappa shape index (κ3) is 3.53. The third-order valence-electron chi connectivity index (χ3n) is 4.39. The average Bonchev–Trinajstić information content (AvgIpc) is 2.97. The second-order valence-electron chi connectivity index (χ2n) is 6.29. The number of likely N-dealkylation sites (N-methyl/N-ethyl adjacent to an activating group) is 1. The van der Waals surface area contributed by atoms with E-state index in [0.29, 0.717) is 6.04 Å². The Morgan fingerprint density at radius 1 is 1.23 bits per heavy atom. The first kappa shape index (κ1) is 15.2. The van der Waals surface area contributed by atoms with Gasteiger partial charge in [-0.05, 0) is 36.1 Å². The van der Waals surface area contributed by atoms with Crippen LogP contribution in [0.4, 0.5) is 0 Å². The molecule has 0 radical (unpaired) electrons. The second-order valence-corrected chi connectivity index (χ2v) is 6.29. The fourth-order valence-electron chi connectivity index (χ4n) is 3.06. The Balaban J connectivity index is 1.65. The lowest BCUT2D eigenvalue weighted by Gasteiger charge is -2.20. The summed E-state index contributed by atoms with van der Waals surface area (Å²) >= 11 is 0. The number of benzene rings is 1. The normalized spacial score (nSPS) is 19.0. The molecule has 1 fully saturated rings. The van der Waals surface area contributed by atoms with Crippen LogP contribution in [0.25, 0.3) is 11.1 Å². The Hall–Kier alpha value is -1.75. The summed E-state index contributed by atoms with van der Waals surface area (Å²) in [7, 11) is 1.96. The van der Waals surface area contributed by atoms with Crippen molar-refractivity contribution in [2.24, 2.45) is 5.84 Å². The smallest absolute Gasteiger partial charge is 0.0377 e. The maximum atomic E-state index is 5.85. The molecule has 0 bridgehead atoms. The maximum Gasteiger partial charge on any atom is 0.0377 e. The van der Waals surface area contributed by atoms with E-state index < -0.39 is 0 Å². The number of hydrazine groups is 1. The van der Waals surface area contributed by atoms with Crippen LogP contribution in [0.3, 0.4) is 0 Å². The monoisotopic (exact) mass is 296 g/mol. The van der Waals surface area contributed by atoms with Gasteiger partial charge in [0.1, 0.15) is 0 Å². The zero-order chi connectivity index (χ0) is 15.5. The van der Waals surface area contributed by atoms with Gasteiger partial charge in [0.25, 0.3) is 0 Å². The molecule has 2 aromatic rings. The first-order valence-electron chi connectivity index (χ1n) is 7.82. The highest BCUT2D eigenvalue weighted by molar-refractivity contribution is 5.63. The van der Waals surface area contributed by atoms with Crippen molar-refractivity contribution in [1.82, 2.24) is 14.9 Å². The Morgan fingerprint density at radius 2 is 2.00 bits per heavy atom. The number of likely N-dealkylation sites (tertiary alicyclic amines) is 1. The Labute approximate surface area is 132 Å². The number of pyridine rings is 1. The molecule has 0 spiro atoms. The van der Waals surface area contributed by atoms with Gasteiger partial charge in [-0.2, -0.15) is 0 Å². The molecule has 2 heterocycles. The molecule has 0 amide bonds. The lowest BCUT2D eigenvalue weighted by molar-refractivity contribution is 0.234. The van der Waals surface area contributed by atoms with E-state index in [1.807, 2.05) is 24.5 Å². The molecule has 116 valence electrons. The van der Waals surface area contributed by atoms with Crippen LogP contribution in [0.2, 0.25) is 0 Å². The van der Waals surface area contributed by atoms with Crippen LogP contribution < -0.4 is 5.84 Å². The van der Waals surface area contributed by atoms with Gasteiger partial charge in [0.05, 0.1) is 0 Å². The average molecular weight is 296 g/mol. The Kier molecular flexibility index (Phi) is 4.52. The number of aryl methyl sites for hydroxylation is 1. The van der Waals surface area contributed by atoms with E-state index in [1.165, 1.54) is 22.3 Å². The Bertz CT molecular complexity index is 621. The molecule has 1 atom stereocenters. The van der Waals surface area contributed by atoms with Crippen LogP contribution in [0.1, 0.15) is 17.5 Å². The van der Waals surface area contributed by atoms with Gasteiger partial charge in [-0.3, -0.25) is 15.7 Å². The molecular weight excluding hydrogens is 272 g/mol. The van der Waals surface area contributed by atoms with E-state index >= 15 is 0 Å². The van der Waals surface area contributed by atoms with Gasteiger partial charge < -0.3 is 0 Å². The van der Waals surface area contributed by atoms with Crippen molar-refractivity contribution in [1.29, 1.82) is 0 Å². The van der Waals surface area contributed by atoms with Crippen molar-refractivity contribution in [2.45, 2.75) is 25.9 Å². The SMILES string of the molecule is Cc1cncc(-c2ccc(CN3CC[C@H](N(C)N)C3)cc2)c1. The summed E-state index contributed by atoms with van der Waals surface area (Å²) in [6.45, 7) is 5.24. The summed E-state index contributed by atoms with van der Waals surface area (Å²) in [5, 5.41) is 1.84. The lowest BCUT2D eigenvalue weighted by atomic mass is 10.0. The van der Waals surface area contributed by atoms with E-state index in [9.17, 15) is 0 Å². The highest BCUT2D eigenvalue weighted by Gasteiger charge is 2.24. The predicted octanol–water partition coefficient (Wildman–Crippen LogP) is 2.44. The van der Waals surface area contributed by atoms with Crippen molar-refractivity contribution in [2.75, 3.05) is 20.1 Å². The molecule has 1 aliphatic rings. The summed E-state index contributed by atoms with van der Waals surface area (Å²) in [6.07, 6.45) is 4.96. The van der Waals surface area contributed by atoms with Crippen molar-refractivity contribution in [3.63, 3.8) is 0 Å². The standard InChI is InChI=1S/C18H24N4/c1-14-9-17(11-20-10-14)16-5-3-15(4-6-16)12-22-8-7-18(13-22)21(2)19/h3-6,9-11,18H,7-8,12-13,19H2,1-2H3/t18-/m0/s1. The van der Waals surface area contributed by atoms with Crippen molar-refractivity contribution in [3.05, 3.63) is 53.9 Å². The lowest BCUT2D eigenvalue weighted by Crippen LogP contribution is -2.39. The predicted molar refractivity (Wildman–Crippen MR) is 90.0 cm³/mol. The van der Waals surface area contributed by atoms with Crippen molar-refractivity contribution < 1.29 is 0 Å². The zero-order valence-electron chi connectivity index (χ0n) is 13.4. The van der Waals surface area contributed by atoms with Crippen LogP contribution in [-0.2, 0) is 6.54 Å². The van der Waals surface area contributed by atoms with Gasteiger partial charge >= 0.3 is 0 Å². The molecule has 1 saturated heterocycles. The van der Waals surface area contributed by atoms with E-state index in [2.05, 4.69) is 47.1 Å². The van der Waals surface area contributed by atoms with Crippen LogP contribution >= 0.6 is 0 Å². The summed E-state index contributed by atoms with van der Waals surface area (Å²) in [5.41, 5.74) is 4.94. The molecule has 2 N–H and O–H groups in total. The number of nitrogens with two attached hydrogens (primary N) is 1. The van der Waals surface area contributed by atoms with E-state index in [4.69, 9.17) is 5.84 Å². The van der Waals surface area contributed by atoms with E-state index in [-0.39, 0.29) is 0 Å². The molecule has 0 aliphatic carbocycles. The minimum atomic E-state index is 0.484. The van der Waals surface area contributed by atoms with E-state index in [0.717, 1.165) is 26.1 Å². The molecule has 3 rings (SSSR count). The molecule has 1 aliphatic heterocycles. The van der Waals surface area contributed by atoms with Gasteiger partial charge in [0.15, 0.2) is 0 Å². The second kappa shape index (κ2) is 6.57. The minimum Gasteiger partial charge on any atom is -0.297 e. The largest absolute Gasteiger partial charge is 0.297 e. The summed E-state index contributed by atoms with van der Waals surface area (Å²) < 4.78 is 0. The summed E-state index contributed by atoms with van der Waals surface area (Å²) in [6, 6.07) is 11.5. The molecule has 1 aromatic heterocycles. The van der Waals surface area contributed by atoms with Gasteiger partial charge in [0.2, 0.25) is 0 Å². The summed E-state index contributed by atoms with van der Waals surface area (Å²) in [4.78, 5) is 6.74. The number of hydrogen-bond donors (Lipinski definition) is 1. The number of rotatable bonds is 4. The van der Waals surface area contributed by atoms with Gasteiger partial charge in [-0.25, -0.2) is 5.01 Å².